The number of thiazole rings is 1. The van der Waals surface area contributed by atoms with Crippen molar-refractivity contribution in [3.63, 3.8) is 0 Å². The van der Waals surface area contributed by atoms with Gasteiger partial charge in [-0.25, -0.2) is 4.98 Å². The van der Waals surface area contributed by atoms with Gasteiger partial charge in [-0.05, 0) is 43.4 Å². The predicted octanol–water partition coefficient (Wildman–Crippen LogP) is 4.70. The highest BCUT2D eigenvalue weighted by molar-refractivity contribution is 7.98. The molecule has 1 atom stereocenters. The van der Waals surface area contributed by atoms with Gasteiger partial charge >= 0.3 is 0 Å². The Hall–Kier alpha value is -0.0600. The Bertz CT molecular complexity index is 426. The SMILES string of the molecule is CC(C)CNCC1CCCc2sc(CSCC(C)C)nc21. The van der Waals surface area contributed by atoms with Crippen molar-refractivity contribution in [2.45, 2.75) is 58.6 Å². The molecule has 0 aromatic carbocycles. The smallest absolute Gasteiger partial charge is 0.103 e. The summed E-state index contributed by atoms with van der Waals surface area (Å²) in [5.41, 5.74) is 1.42. The van der Waals surface area contributed by atoms with Crippen molar-refractivity contribution in [2.24, 2.45) is 11.8 Å². The first-order valence-corrected chi connectivity index (χ1v) is 10.3. The first-order chi connectivity index (χ1) is 10.1. The topological polar surface area (TPSA) is 24.9 Å². The minimum atomic E-state index is 0.646. The van der Waals surface area contributed by atoms with Gasteiger partial charge in [-0.15, -0.1) is 11.3 Å². The second kappa shape index (κ2) is 8.54. The Labute approximate surface area is 138 Å². The lowest BCUT2D eigenvalue weighted by Gasteiger charge is -2.22. The number of fused-ring (bicyclic) bond motifs is 1. The fourth-order valence-electron chi connectivity index (χ4n) is 2.75. The summed E-state index contributed by atoms with van der Waals surface area (Å²) in [6, 6.07) is 0. The fourth-order valence-corrected chi connectivity index (χ4v) is 5.05. The number of nitrogens with zero attached hydrogens (tertiary/aromatic N) is 1. The maximum atomic E-state index is 4.98. The van der Waals surface area contributed by atoms with Crippen molar-refractivity contribution in [2.75, 3.05) is 18.8 Å². The second-order valence-corrected chi connectivity index (χ2v) is 9.16. The van der Waals surface area contributed by atoms with Crippen molar-refractivity contribution in [1.82, 2.24) is 10.3 Å². The van der Waals surface area contributed by atoms with Crippen LogP contribution in [-0.2, 0) is 12.2 Å². The van der Waals surface area contributed by atoms with Crippen LogP contribution in [0, 0.1) is 11.8 Å². The number of aromatic nitrogens is 1. The van der Waals surface area contributed by atoms with E-state index in [0.717, 1.165) is 30.7 Å². The highest BCUT2D eigenvalue weighted by Gasteiger charge is 2.24. The van der Waals surface area contributed by atoms with E-state index in [1.807, 2.05) is 23.1 Å². The highest BCUT2D eigenvalue weighted by atomic mass is 32.2. The molecule has 1 N–H and O–H groups in total. The summed E-state index contributed by atoms with van der Waals surface area (Å²) in [6.07, 6.45) is 3.89. The Morgan fingerprint density at radius 2 is 2.10 bits per heavy atom. The summed E-state index contributed by atoms with van der Waals surface area (Å²) in [4.78, 5) is 6.55. The van der Waals surface area contributed by atoms with E-state index < -0.39 is 0 Å². The molecule has 120 valence electrons. The van der Waals surface area contributed by atoms with Crippen LogP contribution in [0.15, 0.2) is 0 Å². The molecule has 0 saturated carbocycles. The minimum Gasteiger partial charge on any atom is -0.316 e. The van der Waals surface area contributed by atoms with Crippen molar-refractivity contribution in [3.05, 3.63) is 15.6 Å². The molecule has 4 heteroatoms. The lowest BCUT2D eigenvalue weighted by molar-refractivity contribution is 0.472. The molecule has 1 unspecified atom stereocenters. The van der Waals surface area contributed by atoms with Gasteiger partial charge in [0, 0.05) is 23.1 Å². The number of hydrogen-bond donors (Lipinski definition) is 1. The average Bonchev–Trinajstić information content (AvgIpc) is 2.81. The highest BCUT2D eigenvalue weighted by Crippen LogP contribution is 2.35. The van der Waals surface area contributed by atoms with E-state index in [1.165, 1.54) is 35.7 Å². The Morgan fingerprint density at radius 3 is 2.81 bits per heavy atom. The Kier molecular flexibility index (Phi) is 7.03. The number of nitrogens with one attached hydrogen (secondary N) is 1. The van der Waals surface area contributed by atoms with Crippen LogP contribution in [0.4, 0.5) is 0 Å². The zero-order valence-corrected chi connectivity index (χ0v) is 15.6. The van der Waals surface area contributed by atoms with Crippen LogP contribution < -0.4 is 5.32 Å². The molecule has 1 aromatic rings. The number of rotatable bonds is 8. The maximum absolute atomic E-state index is 4.98. The zero-order valence-electron chi connectivity index (χ0n) is 13.9. The van der Waals surface area contributed by atoms with E-state index >= 15 is 0 Å². The van der Waals surface area contributed by atoms with Gasteiger partial charge in [-0.1, -0.05) is 27.7 Å². The van der Waals surface area contributed by atoms with Crippen LogP contribution in [0.5, 0.6) is 0 Å². The fraction of sp³-hybridized carbons (Fsp3) is 0.824. The third kappa shape index (κ3) is 5.57. The number of thioether (sulfide) groups is 1. The molecule has 0 radical (unpaired) electrons. The Balaban J connectivity index is 1.90. The lowest BCUT2D eigenvalue weighted by atomic mass is 9.91. The molecule has 1 aliphatic carbocycles. The molecule has 0 amide bonds. The van der Waals surface area contributed by atoms with Crippen molar-refractivity contribution >= 4 is 23.1 Å². The lowest BCUT2D eigenvalue weighted by Crippen LogP contribution is -2.27. The average molecular weight is 327 g/mol. The molecule has 0 aliphatic heterocycles. The minimum absolute atomic E-state index is 0.646. The van der Waals surface area contributed by atoms with Gasteiger partial charge < -0.3 is 5.32 Å². The molecule has 0 spiro atoms. The molecule has 0 fully saturated rings. The number of aryl methyl sites for hydroxylation is 1. The predicted molar refractivity (Wildman–Crippen MR) is 96.5 cm³/mol. The monoisotopic (exact) mass is 326 g/mol. The summed E-state index contributed by atoms with van der Waals surface area (Å²) in [7, 11) is 0. The Morgan fingerprint density at radius 1 is 1.29 bits per heavy atom. The molecule has 0 bridgehead atoms. The van der Waals surface area contributed by atoms with E-state index in [4.69, 9.17) is 4.98 Å². The van der Waals surface area contributed by atoms with Crippen molar-refractivity contribution in [3.8, 4) is 0 Å². The third-order valence-electron chi connectivity index (χ3n) is 3.74. The van der Waals surface area contributed by atoms with Crippen molar-refractivity contribution in [1.29, 1.82) is 0 Å². The standard InChI is InChI=1S/C17H30N2S2/c1-12(2)8-18-9-14-6-5-7-15-17(14)19-16(21-15)11-20-10-13(3)4/h12-14,18H,5-11H2,1-4H3. The molecule has 2 nitrogen and oxygen atoms in total. The van der Waals surface area contributed by atoms with Crippen LogP contribution in [0.3, 0.4) is 0 Å². The van der Waals surface area contributed by atoms with Gasteiger partial charge in [0.05, 0.1) is 5.69 Å². The van der Waals surface area contributed by atoms with Crippen LogP contribution in [0.1, 0.15) is 62.0 Å². The van der Waals surface area contributed by atoms with Gasteiger partial charge in [0.15, 0.2) is 0 Å². The van der Waals surface area contributed by atoms with Crippen LogP contribution in [0.25, 0.3) is 0 Å². The summed E-state index contributed by atoms with van der Waals surface area (Å²) in [5, 5.41) is 4.97. The van der Waals surface area contributed by atoms with Gasteiger partial charge in [0.25, 0.3) is 0 Å². The second-order valence-electron chi connectivity index (χ2n) is 6.97. The van der Waals surface area contributed by atoms with Gasteiger partial charge in [0.1, 0.15) is 5.01 Å². The quantitative estimate of drug-likeness (QED) is 0.749. The number of hydrogen-bond acceptors (Lipinski definition) is 4. The molecular weight excluding hydrogens is 296 g/mol. The van der Waals surface area contributed by atoms with E-state index in [1.54, 1.807) is 4.88 Å². The summed E-state index contributed by atoms with van der Waals surface area (Å²) >= 11 is 4.00. The summed E-state index contributed by atoms with van der Waals surface area (Å²) in [5.74, 6) is 4.49. The maximum Gasteiger partial charge on any atom is 0.103 e. The molecule has 21 heavy (non-hydrogen) atoms. The molecule has 1 aromatic heterocycles. The van der Waals surface area contributed by atoms with E-state index in [9.17, 15) is 0 Å². The van der Waals surface area contributed by atoms with Gasteiger partial charge in [-0.2, -0.15) is 11.8 Å². The molecule has 1 aliphatic rings. The van der Waals surface area contributed by atoms with Gasteiger partial charge in [-0.3, -0.25) is 0 Å². The third-order valence-corrected chi connectivity index (χ3v) is 6.43. The van der Waals surface area contributed by atoms with Crippen LogP contribution in [0.2, 0.25) is 0 Å². The van der Waals surface area contributed by atoms with Crippen molar-refractivity contribution < 1.29 is 0 Å². The first kappa shape index (κ1) is 17.3. The van der Waals surface area contributed by atoms with Crippen LogP contribution >= 0.6 is 23.1 Å². The molecule has 2 rings (SSSR count). The largest absolute Gasteiger partial charge is 0.316 e. The van der Waals surface area contributed by atoms with Gasteiger partial charge in [0.2, 0.25) is 0 Å². The van der Waals surface area contributed by atoms with E-state index in [0.29, 0.717) is 5.92 Å². The summed E-state index contributed by atoms with van der Waals surface area (Å²) < 4.78 is 0. The van der Waals surface area contributed by atoms with E-state index in [-0.39, 0.29) is 0 Å². The van der Waals surface area contributed by atoms with E-state index in [2.05, 4.69) is 33.0 Å². The molecule has 1 heterocycles. The van der Waals surface area contributed by atoms with Crippen LogP contribution in [-0.4, -0.2) is 23.8 Å². The molecular formula is C17H30N2S2. The zero-order chi connectivity index (χ0) is 15.2. The first-order valence-electron chi connectivity index (χ1n) is 8.33. The normalized spacial score (nSPS) is 18.5. The molecule has 0 saturated heterocycles. The summed E-state index contributed by atoms with van der Waals surface area (Å²) in [6.45, 7) is 11.3.